The SMILES string of the molecule is Cc1ccc(N2CCN(N=Cc3cccc([N+](=O)[O-])c3)CC2)cc1. The lowest BCUT2D eigenvalue weighted by Crippen LogP contribution is -2.44. The number of aryl methyl sites for hydroxylation is 1. The van der Waals surface area contributed by atoms with E-state index in [0.29, 0.717) is 0 Å². The second kappa shape index (κ2) is 7.12. The number of anilines is 1. The van der Waals surface area contributed by atoms with Gasteiger partial charge in [-0.3, -0.25) is 15.1 Å². The van der Waals surface area contributed by atoms with E-state index in [1.807, 2.05) is 11.1 Å². The number of hydrazone groups is 1. The molecule has 3 rings (SSSR count). The normalized spacial score (nSPS) is 15.0. The number of non-ortho nitro benzene ring substituents is 1. The molecule has 6 nitrogen and oxygen atoms in total. The summed E-state index contributed by atoms with van der Waals surface area (Å²) in [6.07, 6.45) is 1.69. The fourth-order valence-corrected chi connectivity index (χ4v) is 2.69. The Hall–Kier alpha value is -2.89. The average molecular weight is 324 g/mol. The molecule has 1 heterocycles. The number of nitro groups is 1. The average Bonchev–Trinajstić information content (AvgIpc) is 2.61. The van der Waals surface area contributed by atoms with Crippen LogP contribution in [-0.4, -0.2) is 42.3 Å². The van der Waals surface area contributed by atoms with E-state index in [-0.39, 0.29) is 5.69 Å². The Morgan fingerprint density at radius 2 is 1.79 bits per heavy atom. The van der Waals surface area contributed by atoms with Gasteiger partial charge in [-0.15, -0.1) is 0 Å². The first-order valence-corrected chi connectivity index (χ1v) is 7.97. The maximum Gasteiger partial charge on any atom is 0.270 e. The number of nitro benzene ring substituents is 1. The van der Waals surface area contributed by atoms with Crippen LogP contribution in [0.1, 0.15) is 11.1 Å². The largest absolute Gasteiger partial charge is 0.368 e. The van der Waals surface area contributed by atoms with E-state index in [1.54, 1.807) is 12.3 Å². The van der Waals surface area contributed by atoms with E-state index in [1.165, 1.54) is 23.4 Å². The third-order valence-electron chi connectivity index (χ3n) is 4.11. The van der Waals surface area contributed by atoms with Gasteiger partial charge >= 0.3 is 0 Å². The molecule has 2 aromatic rings. The Labute approximate surface area is 141 Å². The molecule has 6 heteroatoms. The second-order valence-electron chi connectivity index (χ2n) is 5.87. The molecular weight excluding hydrogens is 304 g/mol. The zero-order valence-corrected chi connectivity index (χ0v) is 13.6. The van der Waals surface area contributed by atoms with Crippen molar-refractivity contribution in [1.29, 1.82) is 0 Å². The number of piperazine rings is 1. The molecule has 124 valence electrons. The van der Waals surface area contributed by atoms with E-state index in [0.717, 1.165) is 31.7 Å². The van der Waals surface area contributed by atoms with Crippen molar-refractivity contribution in [3.05, 3.63) is 69.8 Å². The van der Waals surface area contributed by atoms with Crippen LogP contribution in [0.2, 0.25) is 0 Å². The number of hydrogen-bond donors (Lipinski definition) is 0. The summed E-state index contributed by atoms with van der Waals surface area (Å²) in [5.41, 5.74) is 3.33. The molecule has 0 radical (unpaired) electrons. The monoisotopic (exact) mass is 324 g/mol. The van der Waals surface area contributed by atoms with Gasteiger partial charge in [0, 0.05) is 36.5 Å². The van der Waals surface area contributed by atoms with E-state index in [9.17, 15) is 10.1 Å². The molecule has 1 saturated heterocycles. The standard InChI is InChI=1S/C18H20N4O2/c1-15-5-7-17(8-6-15)20-9-11-21(12-10-20)19-14-16-3-2-4-18(13-16)22(23)24/h2-8,13-14H,9-12H2,1H3. The minimum Gasteiger partial charge on any atom is -0.368 e. The highest BCUT2D eigenvalue weighted by Gasteiger charge is 2.15. The van der Waals surface area contributed by atoms with Crippen LogP contribution in [0, 0.1) is 17.0 Å². The van der Waals surface area contributed by atoms with Gasteiger partial charge < -0.3 is 4.90 Å². The van der Waals surface area contributed by atoms with Crippen molar-refractivity contribution in [2.24, 2.45) is 5.10 Å². The second-order valence-corrected chi connectivity index (χ2v) is 5.87. The lowest BCUT2D eigenvalue weighted by Gasteiger charge is -2.34. The highest BCUT2D eigenvalue weighted by molar-refractivity contribution is 5.80. The first kappa shape index (κ1) is 16.0. The predicted octanol–water partition coefficient (Wildman–Crippen LogP) is 3.06. The van der Waals surface area contributed by atoms with Crippen LogP contribution in [0.5, 0.6) is 0 Å². The third-order valence-corrected chi connectivity index (χ3v) is 4.11. The molecule has 0 aliphatic carbocycles. The summed E-state index contributed by atoms with van der Waals surface area (Å²) in [5.74, 6) is 0. The molecule has 0 bridgehead atoms. The van der Waals surface area contributed by atoms with E-state index in [2.05, 4.69) is 41.2 Å². The van der Waals surface area contributed by atoms with Crippen LogP contribution in [0.4, 0.5) is 11.4 Å². The Morgan fingerprint density at radius 3 is 2.46 bits per heavy atom. The smallest absolute Gasteiger partial charge is 0.270 e. The van der Waals surface area contributed by atoms with E-state index in [4.69, 9.17) is 0 Å². The van der Waals surface area contributed by atoms with Gasteiger partial charge in [-0.25, -0.2) is 0 Å². The molecule has 1 aliphatic heterocycles. The Balaban J connectivity index is 1.58. The number of rotatable bonds is 4. The Kier molecular flexibility index (Phi) is 4.74. The van der Waals surface area contributed by atoms with Crippen LogP contribution in [0.3, 0.4) is 0 Å². The molecule has 1 aliphatic rings. The summed E-state index contributed by atoms with van der Waals surface area (Å²) >= 11 is 0. The summed E-state index contributed by atoms with van der Waals surface area (Å²) in [6, 6.07) is 15.1. The summed E-state index contributed by atoms with van der Waals surface area (Å²) in [6.45, 7) is 5.58. The van der Waals surface area contributed by atoms with Crippen molar-refractivity contribution in [1.82, 2.24) is 5.01 Å². The van der Waals surface area contributed by atoms with E-state index < -0.39 is 4.92 Å². The van der Waals surface area contributed by atoms with Gasteiger partial charge in [0.05, 0.1) is 24.2 Å². The molecule has 0 amide bonds. The number of nitrogens with zero attached hydrogens (tertiary/aromatic N) is 4. The molecular formula is C18H20N4O2. The van der Waals surface area contributed by atoms with Crippen molar-refractivity contribution in [3.8, 4) is 0 Å². The van der Waals surface area contributed by atoms with Crippen molar-refractivity contribution in [3.63, 3.8) is 0 Å². The fraction of sp³-hybridized carbons (Fsp3) is 0.278. The van der Waals surface area contributed by atoms with Gasteiger partial charge in [-0.05, 0) is 19.1 Å². The minimum absolute atomic E-state index is 0.0862. The molecule has 0 saturated carbocycles. The van der Waals surface area contributed by atoms with Crippen molar-refractivity contribution in [2.75, 3.05) is 31.1 Å². The molecule has 24 heavy (non-hydrogen) atoms. The first-order chi connectivity index (χ1) is 11.6. The highest BCUT2D eigenvalue weighted by Crippen LogP contribution is 2.17. The maximum absolute atomic E-state index is 10.8. The summed E-state index contributed by atoms with van der Waals surface area (Å²) in [5, 5.41) is 17.3. The first-order valence-electron chi connectivity index (χ1n) is 7.97. The van der Waals surface area contributed by atoms with Gasteiger partial charge in [0.1, 0.15) is 0 Å². The zero-order valence-electron chi connectivity index (χ0n) is 13.6. The molecule has 0 aromatic heterocycles. The van der Waals surface area contributed by atoms with Crippen LogP contribution >= 0.6 is 0 Å². The lowest BCUT2D eigenvalue weighted by molar-refractivity contribution is -0.384. The Bertz CT molecular complexity index is 735. The zero-order chi connectivity index (χ0) is 16.9. The van der Waals surface area contributed by atoms with Gasteiger partial charge in [-0.1, -0.05) is 29.8 Å². The molecule has 0 N–H and O–H groups in total. The maximum atomic E-state index is 10.8. The molecule has 0 atom stereocenters. The van der Waals surface area contributed by atoms with Crippen LogP contribution in [0.25, 0.3) is 0 Å². The van der Waals surface area contributed by atoms with Gasteiger partial charge in [0.2, 0.25) is 0 Å². The minimum atomic E-state index is -0.391. The lowest BCUT2D eigenvalue weighted by atomic mass is 10.2. The molecule has 1 fully saturated rings. The Morgan fingerprint density at radius 1 is 1.08 bits per heavy atom. The summed E-state index contributed by atoms with van der Waals surface area (Å²) in [7, 11) is 0. The van der Waals surface area contributed by atoms with Crippen molar-refractivity contribution in [2.45, 2.75) is 6.92 Å². The van der Waals surface area contributed by atoms with Gasteiger partial charge in [0.25, 0.3) is 5.69 Å². The van der Waals surface area contributed by atoms with Crippen molar-refractivity contribution < 1.29 is 4.92 Å². The van der Waals surface area contributed by atoms with Crippen LogP contribution in [-0.2, 0) is 0 Å². The van der Waals surface area contributed by atoms with E-state index >= 15 is 0 Å². The topological polar surface area (TPSA) is 62.0 Å². The molecule has 2 aromatic carbocycles. The van der Waals surface area contributed by atoms with Crippen molar-refractivity contribution >= 4 is 17.6 Å². The fourth-order valence-electron chi connectivity index (χ4n) is 2.69. The third kappa shape index (κ3) is 3.90. The summed E-state index contributed by atoms with van der Waals surface area (Å²) < 4.78 is 0. The van der Waals surface area contributed by atoms with Gasteiger partial charge in [0.15, 0.2) is 0 Å². The molecule has 0 spiro atoms. The van der Waals surface area contributed by atoms with Crippen LogP contribution in [0.15, 0.2) is 53.6 Å². The molecule has 0 unspecified atom stereocenters. The number of benzene rings is 2. The number of hydrogen-bond acceptors (Lipinski definition) is 5. The summed E-state index contributed by atoms with van der Waals surface area (Å²) in [4.78, 5) is 12.8. The predicted molar refractivity (Wildman–Crippen MR) is 95.7 cm³/mol. The van der Waals surface area contributed by atoms with Gasteiger partial charge in [-0.2, -0.15) is 5.10 Å². The quantitative estimate of drug-likeness (QED) is 0.493. The van der Waals surface area contributed by atoms with Crippen LogP contribution < -0.4 is 4.90 Å². The highest BCUT2D eigenvalue weighted by atomic mass is 16.6.